The van der Waals surface area contributed by atoms with Gasteiger partial charge >= 0.3 is 6.18 Å². The molecule has 0 spiro atoms. The van der Waals surface area contributed by atoms with Gasteiger partial charge < -0.3 is 15.4 Å². The van der Waals surface area contributed by atoms with E-state index in [1.807, 2.05) is 0 Å². The van der Waals surface area contributed by atoms with E-state index in [1.54, 1.807) is 0 Å². The average Bonchev–Trinajstić information content (AvgIpc) is 2.78. The van der Waals surface area contributed by atoms with E-state index in [-0.39, 0.29) is 60.6 Å². The number of piperidine rings is 1. The molecule has 2 aliphatic rings. The summed E-state index contributed by atoms with van der Waals surface area (Å²) in [4.78, 5) is 24.0. The Hall–Kier alpha value is -3.12. The SMILES string of the molecule is O=C1COc2ccc(S(=O)(=O)N3CCC(C(=O)Nc4ccc(C(F)(F)F)cc4)CC3)cc2N1. The van der Waals surface area contributed by atoms with Crippen molar-refractivity contribution in [3.8, 4) is 5.75 Å². The Morgan fingerprint density at radius 1 is 1.09 bits per heavy atom. The van der Waals surface area contributed by atoms with Crippen molar-refractivity contribution in [3.05, 3.63) is 48.0 Å². The van der Waals surface area contributed by atoms with Crippen molar-refractivity contribution in [2.45, 2.75) is 23.9 Å². The minimum atomic E-state index is -4.46. The Balaban J connectivity index is 1.37. The molecule has 0 saturated carbocycles. The van der Waals surface area contributed by atoms with Crippen LogP contribution in [0.1, 0.15) is 18.4 Å². The number of alkyl halides is 3. The van der Waals surface area contributed by atoms with Gasteiger partial charge in [0, 0.05) is 24.7 Å². The van der Waals surface area contributed by atoms with Crippen LogP contribution in [0.25, 0.3) is 0 Å². The molecule has 1 fully saturated rings. The van der Waals surface area contributed by atoms with E-state index in [0.717, 1.165) is 12.1 Å². The van der Waals surface area contributed by atoms with Crippen LogP contribution in [0.4, 0.5) is 24.5 Å². The van der Waals surface area contributed by atoms with Crippen LogP contribution in [0.5, 0.6) is 5.75 Å². The van der Waals surface area contributed by atoms with Crippen molar-refractivity contribution in [1.82, 2.24) is 4.31 Å². The summed E-state index contributed by atoms with van der Waals surface area (Å²) in [5.41, 5.74) is -0.299. The van der Waals surface area contributed by atoms with Gasteiger partial charge in [-0.2, -0.15) is 17.5 Å². The molecule has 176 valence electrons. The smallest absolute Gasteiger partial charge is 0.416 e. The standard InChI is InChI=1S/C21H20F3N3O5S/c22-21(23,24)14-1-3-15(4-2-14)25-20(29)13-7-9-27(10-8-13)33(30,31)16-5-6-18-17(11-16)26-19(28)12-32-18/h1-6,11,13H,7-10,12H2,(H,25,29)(H,26,28). The number of benzene rings is 2. The number of carbonyl (C=O) groups excluding carboxylic acids is 2. The molecule has 0 bridgehead atoms. The van der Waals surface area contributed by atoms with E-state index in [2.05, 4.69) is 10.6 Å². The molecule has 0 radical (unpaired) electrons. The lowest BCUT2D eigenvalue weighted by Gasteiger charge is -2.31. The van der Waals surface area contributed by atoms with Crippen molar-refractivity contribution in [2.24, 2.45) is 5.92 Å². The van der Waals surface area contributed by atoms with Crippen LogP contribution in [-0.4, -0.2) is 44.2 Å². The van der Waals surface area contributed by atoms with Crippen LogP contribution in [0.2, 0.25) is 0 Å². The van der Waals surface area contributed by atoms with Gasteiger partial charge in [-0.15, -0.1) is 0 Å². The molecule has 0 unspecified atom stereocenters. The lowest BCUT2D eigenvalue weighted by molar-refractivity contribution is -0.137. The van der Waals surface area contributed by atoms with Crippen LogP contribution >= 0.6 is 0 Å². The second-order valence-corrected chi connectivity index (χ2v) is 9.68. The molecule has 0 aliphatic carbocycles. The number of halogens is 3. The Kier molecular flexibility index (Phi) is 6.06. The molecule has 4 rings (SSSR count). The number of hydrogen-bond donors (Lipinski definition) is 2. The Bertz CT molecular complexity index is 1170. The lowest BCUT2D eigenvalue weighted by Crippen LogP contribution is -2.41. The van der Waals surface area contributed by atoms with Crippen molar-refractivity contribution >= 4 is 33.2 Å². The summed E-state index contributed by atoms with van der Waals surface area (Å²) in [6, 6.07) is 8.34. The highest BCUT2D eigenvalue weighted by Crippen LogP contribution is 2.33. The van der Waals surface area contributed by atoms with Gasteiger partial charge in [-0.3, -0.25) is 9.59 Å². The molecule has 12 heteroatoms. The van der Waals surface area contributed by atoms with E-state index in [4.69, 9.17) is 4.74 Å². The number of fused-ring (bicyclic) bond motifs is 1. The molecule has 2 aromatic carbocycles. The average molecular weight is 483 g/mol. The molecular formula is C21H20F3N3O5S. The Morgan fingerprint density at radius 2 is 1.76 bits per heavy atom. The summed E-state index contributed by atoms with van der Waals surface area (Å²) in [6.07, 6.45) is -3.94. The molecule has 2 N–H and O–H groups in total. The van der Waals surface area contributed by atoms with Gasteiger partial charge in [0.1, 0.15) is 5.75 Å². The molecule has 33 heavy (non-hydrogen) atoms. The van der Waals surface area contributed by atoms with Crippen LogP contribution in [0, 0.1) is 5.92 Å². The number of nitrogens with one attached hydrogen (secondary N) is 2. The number of amides is 2. The predicted molar refractivity (Wildman–Crippen MR) is 112 cm³/mol. The van der Waals surface area contributed by atoms with E-state index < -0.39 is 27.7 Å². The molecule has 8 nitrogen and oxygen atoms in total. The summed E-state index contributed by atoms with van der Waals surface area (Å²) in [5.74, 6) is -0.848. The molecule has 2 amide bonds. The topological polar surface area (TPSA) is 105 Å². The molecular weight excluding hydrogens is 463 g/mol. The third kappa shape index (κ3) is 4.96. The van der Waals surface area contributed by atoms with Gasteiger partial charge in [0.25, 0.3) is 5.91 Å². The fourth-order valence-corrected chi connectivity index (χ4v) is 5.21. The van der Waals surface area contributed by atoms with Gasteiger partial charge in [0.15, 0.2) is 6.61 Å². The van der Waals surface area contributed by atoms with Gasteiger partial charge in [0.2, 0.25) is 15.9 Å². The van der Waals surface area contributed by atoms with Crippen LogP contribution in [0.15, 0.2) is 47.4 Å². The third-order valence-corrected chi connectivity index (χ3v) is 7.42. The molecule has 0 atom stereocenters. The molecule has 2 aliphatic heterocycles. The molecule has 2 aromatic rings. The summed E-state index contributed by atoms with van der Waals surface area (Å²) >= 11 is 0. The number of rotatable bonds is 4. The first-order valence-electron chi connectivity index (χ1n) is 10.1. The molecule has 0 aromatic heterocycles. The first-order valence-corrected chi connectivity index (χ1v) is 11.5. The number of sulfonamides is 1. The predicted octanol–water partition coefficient (Wildman–Crippen LogP) is 3.08. The number of carbonyl (C=O) groups is 2. The van der Waals surface area contributed by atoms with Gasteiger partial charge in [-0.05, 0) is 55.3 Å². The van der Waals surface area contributed by atoms with Gasteiger partial charge in [-0.1, -0.05) is 0 Å². The Labute approximate surface area is 187 Å². The van der Waals surface area contributed by atoms with Crippen LogP contribution in [0.3, 0.4) is 0 Å². The number of anilines is 2. The summed E-state index contributed by atoms with van der Waals surface area (Å²) in [5, 5.41) is 5.16. The summed E-state index contributed by atoms with van der Waals surface area (Å²) in [7, 11) is -3.85. The molecule has 1 saturated heterocycles. The maximum atomic E-state index is 13.0. The zero-order valence-electron chi connectivity index (χ0n) is 17.2. The second kappa shape index (κ2) is 8.67. The van der Waals surface area contributed by atoms with Crippen molar-refractivity contribution in [2.75, 3.05) is 30.3 Å². The van der Waals surface area contributed by atoms with E-state index in [0.29, 0.717) is 5.75 Å². The summed E-state index contributed by atoms with van der Waals surface area (Å²) in [6.45, 7) is 0.0713. The first-order chi connectivity index (χ1) is 15.5. The van der Waals surface area contributed by atoms with E-state index >= 15 is 0 Å². The number of hydrogen-bond acceptors (Lipinski definition) is 5. The van der Waals surface area contributed by atoms with Crippen LogP contribution in [-0.2, 0) is 25.8 Å². The van der Waals surface area contributed by atoms with Crippen LogP contribution < -0.4 is 15.4 Å². The highest BCUT2D eigenvalue weighted by Gasteiger charge is 2.33. The monoisotopic (exact) mass is 483 g/mol. The number of ether oxygens (including phenoxy) is 1. The maximum absolute atomic E-state index is 13.0. The second-order valence-electron chi connectivity index (χ2n) is 7.74. The van der Waals surface area contributed by atoms with Gasteiger partial charge in [-0.25, -0.2) is 8.42 Å². The van der Waals surface area contributed by atoms with Crippen molar-refractivity contribution in [3.63, 3.8) is 0 Å². The zero-order valence-corrected chi connectivity index (χ0v) is 18.0. The highest BCUT2D eigenvalue weighted by molar-refractivity contribution is 7.89. The summed E-state index contributed by atoms with van der Waals surface area (Å²) < 4.78 is 70.5. The van der Waals surface area contributed by atoms with Gasteiger partial charge in [0.05, 0.1) is 16.1 Å². The van der Waals surface area contributed by atoms with E-state index in [1.165, 1.54) is 34.6 Å². The maximum Gasteiger partial charge on any atom is 0.416 e. The van der Waals surface area contributed by atoms with Crippen molar-refractivity contribution in [1.29, 1.82) is 0 Å². The largest absolute Gasteiger partial charge is 0.482 e. The normalized spacial score (nSPS) is 17.6. The Morgan fingerprint density at radius 3 is 2.39 bits per heavy atom. The van der Waals surface area contributed by atoms with Crippen molar-refractivity contribution < 1.29 is 35.9 Å². The zero-order chi connectivity index (χ0) is 23.8. The lowest BCUT2D eigenvalue weighted by atomic mass is 9.97. The fourth-order valence-electron chi connectivity index (χ4n) is 3.72. The first kappa shape index (κ1) is 23.1. The minimum Gasteiger partial charge on any atom is -0.482 e. The number of nitrogens with zero attached hydrogens (tertiary/aromatic N) is 1. The molecule has 2 heterocycles. The minimum absolute atomic E-state index is 0.000272. The highest BCUT2D eigenvalue weighted by atomic mass is 32.2. The third-order valence-electron chi connectivity index (χ3n) is 5.53. The fraction of sp³-hybridized carbons (Fsp3) is 0.333. The quantitative estimate of drug-likeness (QED) is 0.696. The van der Waals surface area contributed by atoms with E-state index in [9.17, 15) is 31.2 Å².